The summed E-state index contributed by atoms with van der Waals surface area (Å²) in [4.78, 5) is 0. The third kappa shape index (κ3) is 1.04. The third-order valence-corrected chi connectivity index (χ3v) is 2.55. The van der Waals surface area contributed by atoms with Gasteiger partial charge in [0, 0.05) is 25.3 Å². The molecule has 0 saturated heterocycles. The predicted molar refractivity (Wildman–Crippen MR) is 44.9 cm³/mol. The molecule has 2 aliphatic rings. The molecule has 11 heavy (non-hydrogen) atoms. The second-order valence-electron chi connectivity index (χ2n) is 3.31. The lowest BCUT2D eigenvalue weighted by molar-refractivity contribution is 0.309. The van der Waals surface area contributed by atoms with Gasteiger partial charge in [0.1, 0.15) is 0 Å². The number of rotatable bonds is 0. The second kappa shape index (κ2) is 2.50. The van der Waals surface area contributed by atoms with Crippen molar-refractivity contribution in [2.45, 2.75) is 19.4 Å². The SMILES string of the molecule is CC1NN(C)C2=C1CCNC2. The maximum atomic E-state index is 3.38. The van der Waals surface area contributed by atoms with E-state index < -0.39 is 0 Å². The highest BCUT2D eigenvalue weighted by molar-refractivity contribution is 5.25. The summed E-state index contributed by atoms with van der Waals surface area (Å²) in [6.45, 7) is 4.39. The van der Waals surface area contributed by atoms with Gasteiger partial charge in [0.2, 0.25) is 0 Å². The van der Waals surface area contributed by atoms with E-state index in [0.717, 1.165) is 13.1 Å². The minimum atomic E-state index is 0.553. The summed E-state index contributed by atoms with van der Waals surface area (Å²) < 4.78 is 0. The van der Waals surface area contributed by atoms with Gasteiger partial charge in [-0.1, -0.05) is 0 Å². The van der Waals surface area contributed by atoms with Crippen LogP contribution in [0.3, 0.4) is 0 Å². The Morgan fingerprint density at radius 1 is 1.55 bits per heavy atom. The van der Waals surface area contributed by atoms with Gasteiger partial charge in [-0.25, -0.2) is 5.43 Å². The third-order valence-electron chi connectivity index (χ3n) is 2.55. The fourth-order valence-corrected chi connectivity index (χ4v) is 1.93. The van der Waals surface area contributed by atoms with Gasteiger partial charge in [-0.3, -0.25) is 0 Å². The summed E-state index contributed by atoms with van der Waals surface area (Å²) in [6.07, 6.45) is 1.20. The van der Waals surface area contributed by atoms with E-state index in [2.05, 4.69) is 29.7 Å². The zero-order chi connectivity index (χ0) is 7.84. The Labute approximate surface area is 67.4 Å². The van der Waals surface area contributed by atoms with E-state index >= 15 is 0 Å². The van der Waals surface area contributed by atoms with Crippen molar-refractivity contribution < 1.29 is 0 Å². The molecule has 0 aliphatic carbocycles. The Morgan fingerprint density at radius 2 is 2.36 bits per heavy atom. The van der Waals surface area contributed by atoms with Gasteiger partial charge < -0.3 is 10.3 Å². The van der Waals surface area contributed by atoms with Crippen LogP contribution >= 0.6 is 0 Å². The van der Waals surface area contributed by atoms with Crippen molar-refractivity contribution in [1.82, 2.24) is 15.8 Å². The first-order chi connectivity index (χ1) is 5.29. The van der Waals surface area contributed by atoms with Crippen molar-refractivity contribution in [2.24, 2.45) is 0 Å². The van der Waals surface area contributed by atoms with Gasteiger partial charge in [-0.2, -0.15) is 0 Å². The molecule has 0 aromatic rings. The standard InChI is InChI=1S/C8H15N3/c1-6-7-3-4-9-5-8(7)11(2)10-6/h6,9-10H,3-5H2,1-2H3. The highest BCUT2D eigenvalue weighted by Crippen LogP contribution is 2.23. The van der Waals surface area contributed by atoms with Gasteiger partial charge in [0.25, 0.3) is 0 Å². The Morgan fingerprint density at radius 3 is 3.09 bits per heavy atom. The zero-order valence-corrected chi connectivity index (χ0v) is 7.15. The molecule has 3 nitrogen and oxygen atoms in total. The molecule has 3 heteroatoms. The molecule has 0 radical (unpaired) electrons. The molecule has 62 valence electrons. The van der Waals surface area contributed by atoms with Crippen molar-refractivity contribution >= 4 is 0 Å². The summed E-state index contributed by atoms with van der Waals surface area (Å²) in [5.74, 6) is 0. The van der Waals surface area contributed by atoms with Gasteiger partial charge in [0.15, 0.2) is 0 Å². The van der Waals surface area contributed by atoms with Crippen molar-refractivity contribution in [3.63, 3.8) is 0 Å². The van der Waals surface area contributed by atoms with E-state index in [1.165, 1.54) is 12.1 Å². The molecule has 2 rings (SSSR count). The van der Waals surface area contributed by atoms with E-state index in [-0.39, 0.29) is 0 Å². The lowest BCUT2D eigenvalue weighted by Gasteiger charge is -2.19. The van der Waals surface area contributed by atoms with Crippen LogP contribution in [0.25, 0.3) is 0 Å². The topological polar surface area (TPSA) is 27.3 Å². The first-order valence-electron chi connectivity index (χ1n) is 4.21. The molecular formula is C8H15N3. The molecule has 0 saturated carbocycles. The van der Waals surface area contributed by atoms with Crippen LogP contribution in [0.2, 0.25) is 0 Å². The molecule has 0 spiro atoms. The van der Waals surface area contributed by atoms with Crippen molar-refractivity contribution in [3.8, 4) is 0 Å². The molecule has 0 amide bonds. The van der Waals surface area contributed by atoms with E-state index in [4.69, 9.17) is 0 Å². The minimum Gasteiger partial charge on any atom is -0.314 e. The van der Waals surface area contributed by atoms with Crippen LogP contribution in [-0.2, 0) is 0 Å². The molecule has 0 bridgehead atoms. The molecule has 2 aliphatic heterocycles. The van der Waals surface area contributed by atoms with Gasteiger partial charge in [0.05, 0.1) is 0 Å². The molecule has 0 fully saturated rings. The Bertz CT molecular complexity index is 178. The molecule has 2 heterocycles. The van der Waals surface area contributed by atoms with Crippen molar-refractivity contribution in [2.75, 3.05) is 20.1 Å². The number of nitrogens with one attached hydrogen (secondary N) is 2. The molecule has 2 N–H and O–H groups in total. The molecule has 1 unspecified atom stereocenters. The fraction of sp³-hybridized carbons (Fsp3) is 0.750. The van der Waals surface area contributed by atoms with Crippen LogP contribution in [0.15, 0.2) is 11.3 Å². The minimum absolute atomic E-state index is 0.553. The van der Waals surface area contributed by atoms with Crippen molar-refractivity contribution in [3.05, 3.63) is 11.3 Å². The monoisotopic (exact) mass is 153 g/mol. The summed E-state index contributed by atoms with van der Waals surface area (Å²) in [5.41, 5.74) is 6.42. The first-order valence-corrected chi connectivity index (χ1v) is 4.21. The van der Waals surface area contributed by atoms with E-state index in [1.54, 1.807) is 5.57 Å². The summed E-state index contributed by atoms with van der Waals surface area (Å²) >= 11 is 0. The van der Waals surface area contributed by atoms with Crippen LogP contribution in [0.1, 0.15) is 13.3 Å². The Balaban J connectivity index is 2.25. The van der Waals surface area contributed by atoms with Crippen LogP contribution < -0.4 is 10.7 Å². The summed E-state index contributed by atoms with van der Waals surface area (Å²) in [7, 11) is 2.09. The lowest BCUT2D eigenvalue weighted by Crippen LogP contribution is -2.34. The van der Waals surface area contributed by atoms with Crippen LogP contribution in [0.5, 0.6) is 0 Å². The maximum Gasteiger partial charge on any atom is 0.0464 e. The number of likely N-dealkylation sites (N-methyl/N-ethyl adjacent to an activating group) is 1. The van der Waals surface area contributed by atoms with Crippen LogP contribution in [-0.4, -0.2) is 31.2 Å². The van der Waals surface area contributed by atoms with Gasteiger partial charge >= 0.3 is 0 Å². The summed E-state index contributed by atoms with van der Waals surface area (Å²) in [6, 6.07) is 0.553. The Kier molecular flexibility index (Phi) is 1.62. The largest absolute Gasteiger partial charge is 0.314 e. The second-order valence-corrected chi connectivity index (χ2v) is 3.31. The highest BCUT2D eigenvalue weighted by atomic mass is 15.5. The number of hydrogen-bond donors (Lipinski definition) is 2. The smallest absolute Gasteiger partial charge is 0.0464 e. The van der Waals surface area contributed by atoms with Crippen LogP contribution in [0, 0.1) is 0 Å². The van der Waals surface area contributed by atoms with Crippen molar-refractivity contribution in [1.29, 1.82) is 0 Å². The molecule has 1 atom stereocenters. The van der Waals surface area contributed by atoms with Crippen LogP contribution in [0.4, 0.5) is 0 Å². The first kappa shape index (κ1) is 7.13. The normalized spacial score (nSPS) is 31.1. The maximum absolute atomic E-state index is 3.38. The van der Waals surface area contributed by atoms with E-state index in [0.29, 0.717) is 6.04 Å². The quantitative estimate of drug-likeness (QED) is 0.516. The average molecular weight is 153 g/mol. The average Bonchev–Trinajstić information content (AvgIpc) is 2.30. The predicted octanol–water partition coefficient (Wildman–Crippen LogP) is 0.0723. The Hall–Kier alpha value is -0.540. The summed E-state index contributed by atoms with van der Waals surface area (Å²) in [5, 5.41) is 5.51. The number of nitrogens with zero attached hydrogens (tertiary/aromatic N) is 1. The van der Waals surface area contributed by atoms with Gasteiger partial charge in [-0.05, 0) is 25.5 Å². The van der Waals surface area contributed by atoms with E-state index in [1.807, 2.05) is 0 Å². The molecule has 0 aromatic carbocycles. The highest BCUT2D eigenvalue weighted by Gasteiger charge is 2.26. The zero-order valence-electron chi connectivity index (χ0n) is 7.15. The molecular weight excluding hydrogens is 138 g/mol. The van der Waals surface area contributed by atoms with Gasteiger partial charge in [-0.15, -0.1) is 0 Å². The molecule has 0 aromatic heterocycles. The van der Waals surface area contributed by atoms with E-state index in [9.17, 15) is 0 Å². The number of hydrogen-bond acceptors (Lipinski definition) is 3. The fourth-order valence-electron chi connectivity index (χ4n) is 1.93. The number of hydrazine groups is 1. The lowest BCUT2D eigenvalue weighted by atomic mass is 10.0.